The van der Waals surface area contributed by atoms with Gasteiger partial charge in [0.15, 0.2) is 0 Å². The molecule has 5 aliphatic rings. The molecule has 3 amide bonds. The van der Waals surface area contributed by atoms with Crippen LogP contribution in [0.3, 0.4) is 0 Å². The Bertz CT molecular complexity index is 2580. The van der Waals surface area contributed by atoms with Crippen LogP contribution in [0.1, 0.15) is 72.5 Å². The molecule has 3 saturated heterocycles. The number of carbonyl (C=O) groups is 3. The van der Waals surface area contributed by atoms with Crippen LogP contribution in [0.2, 0.25) is 0 Å². The second kappa shape index (κ2) is 16.6. The largest absolute Gasteiger partial charge is 0.477 e. The fraction of sp³-hybridized carbons (Fsp3) is 0.478. The van der Waals surface area contributed by atoms with Gasteiger partial charge in [0.1, 0.15) is 11.6 Å². The average Bonchev–Trinajstić information content (AvgIpc) is 3.98. The highest BCUT2D eigenvalue weighted by atomic mass is 19.1. The van der Waals surface area contributed by atoms with Gasteiger partial charge >= 0.3 is 0 Å². The van der Waals surface area contributed by atoms with Crippen molar-refractivity contribution < 1.29 is 33.0 Å². The van der Waals surface area contributed by atoms with Crippen LogP contribution < -0.4 is 25.2 Å². The van der Waals surface area contributed by atoms with Crippen LogP contribution in [0.4, 0.5) is 26.1 Å². The number of benzene rings is 2. The number of halogens is 2. The maximum atomic E-state index is 15.4. The molecule has 17 heteroatoms. The van der Waals surface area contributed by atoms with E-state index >= 15 is 8.78 Å². The Morgan fingerprint density at radius 3 is 2.43 bits per heavy atom. The minimum Gasteiger partial charge on any atom is -0.477 e. The third kappa shape index (κ3) is 7.89. The number of piperazine rings is 1. The van der Waals surface area contributed by atoms with E-state index < -0.39 is 29.4 Å². The summed E-state index contributed by atoms with van der Waals surface area (Å²) in [6.45, 7) is 6.37. The predicted molar refractivity (Wildman–Crippen MR) is 232 cm³/mol. The molecule has 5 aromatic rings. The molecule has 4 bridgehead atoms. The van der Waals surface area contributed by atoms with Gasteiger partial charge in [0, 0.05) is 87.0 Å². The molecule has 1 saturated carbocycles. The molecule has 63 heavy (non-hydrogen) atoms. The van der Waals surface area contributed by atoms with Gasteiger partial charge in [0.2, 0.25) is 23.6 Å². The highest BCUT2D eigenvalue weighted by Gasteiger charge is 2.37. The monoisotopic (exact) mass is 862 g/mol. The molecule has 3 aromatic heterocycles. The van der Waals surface area contributed by atoms with Crippen molar-refractivity contribution in [1.29, 1.82) is 0 Å². The van der Waals surface area contributed by atoms with Crippen LogP contribution in [0.5, 0.6) is 5.88 Å². The lowest BCUT2D eigenvalue weighted by atomic mass is 9.89. The van der Waals surface area contributed by atoms with E-state index in [1.165, 1.54) is 12.1 Å². The molecule has 4 atom stereocenters. The van der Waals surface area contributed by atoms with E-state index in [0.717, 1.165) is 67.5 Å². The topological polar surface area (TPSA) is 163 Å². The normalized spacial score (nSPS) is 23.7. The quantitative estimate of drug-likeness (QED) is 0.201. The second-order valence-electron chi connectivity index (χ2n) is 18.0. The SMILES string of the molecule is Cc1cc2cc(n1)-c1cnn(C)c1OC[C@H]1CC[C@H](C1)Cn1c(nc3ccc(N4CCN(C5CCN(c6cc(F)c([C@H]7CCC(=O)NC7=O)c(F)c6)CC5)[C@@H](CO)C4)cc31)NC2=O. The first-order valence-electron chi connectivity index (χ1n) is 22.1. The Kier molecular flexibility index (Phi) is 10.9. The van der Waals surface area contributed by atoms with E-state index in [1.807, 2.05) is 24.9 Å². The van der Waals surface area contributed by atoms with Gasteiger partial charge < -0.3 is 24.2 Å². The number of anilines is 3. The first-order valence-corrected chi connectivity index (χ1v) is 22.1. The number of pyridine rings is 1. The van der Waals surface area contributed by atoms with E-state index in [0.29, 0.717) is 79.1 Å². The van der Waals surface area contributed by atoms with E-state index in [4.69, 9.17) is 14.7 Å². The van der Waals surface area contributed by atoms with Gasteiger partial charge in [0.05, 0.1) is 53.7 Å². The molecule has 7 heterocycles. The number of imide groups is 1. The zero-order valence-electron chi connectivity index (χ0n) is 35.5. The van der Waals surface area contributed by atoms with Crippen LogP contribution in [-0.2, 0) is 23.2 Å². The summed E-state index contributed by atoms with van der Waals surface area (Å²) in [6.07, 6.45) is 6.41. The highest BCUT2D eigenvalue weighted by molar-refractivity contribution is 6.05. The van der Waals surface area contributed by atoms with E-state index in [-0.39, 0.29) is 43.0 Å². The van der Waals surface area contributed by atoms with Crippen LogP contribution in [0.25, 0.3) is 22.3 Å². The third-order valence-electron chi connectivity index (χ3n) is 13.9. The Balaban J connectivity index is 0.850. The van der Waals surface area contributed by atoms with Gasteiger partial charge in [0.25, 0.3) is 5.91 Å². The molecule has 0 unspecified atom stereocenters. The van der Waals surface area contributed by atoms with Crippen molar-refractivity contribution >= 4 is 46.1 Å². The summed E-state index contributed by atoms with van der Waals surface area (Å²) in [5, 5.41) is 20.5. The number of imidazole rings is 1. The molecule has 0 radical (unpaired) electrons. The van der Waals surface area contributed by atoms with Crippen molar-refractivity contribution in [3.05, 3.63) is 77.1 Å². The summed E-state index contributed by atoms with van der Waals surface area (Å²) in [5.41, 5.74) is 5.41. The molecule has 1 aliphatic carbocycles. The smallest absolute Gasteiger partial charge is 0.258 e. The van der Waals surface area contributed by atoms with E-state index in [2.05, 4.69) is 42.2 Å². The number of aliphatic hydroxyl groups is 1. The number of rotatable bonds is 5. The Labute approximate surface area is 363 Å². The Morgan fingerprint density at radius 2 is 1.65 bits per heavy atom. The molecule has 3 N–H and O–H groups in total. The van der Waals surface area contributed by atoms with Crippen molar-refractivity contribution in [2.75, 3.05) is 61.1 Å². The average molecular weight is 863 g/mol. The van der Waals surface area contributed by atoms with Gasteiger partial charge in [-0.3, -0.25) is 34.9 Å². The number of ether oxygens (including phenoxy) is 1. The molecule has 2 aromatic carbocycles. The fourth-order valence-electron chi connectivity index (χ4n) is 10.7. The number of amides is 3. The van der Waals surface area contributed by atoms with Crippen molar-refractivity contribution in [1.82, 2.24) is 34.5 Å². The second-order valence-corrected chi connectivity index (χ2v) is 18.0. The molecular weight excluding hydrogens is 811 g/mol. The van der Waals surface area contributed by atoms with Gasteiger partial charge in [-0.05, 0) is 99.7 Å². The number of nitrogens with one attached hydrogen (secondary N) is 2. The Hall–Kier alpha value is -5.94. The number of hydrogen-bond donors (Lipinski definition) is 3. The zero-order chi connectivity index (χ0) is 43.5. The number of piperidine rings is 2. The summed E-state index contributed by atoms with van der Waals surface area (Å²) in [7, 11) is 1.85. The van der Waals surface area contributed by atoms with Gasteiger partial charge in [-0.2, -0.15) is 5.10 Å². The zero-order valence-corrected chi connectivity index (χ0v) is 35.5. The molecule has 4 fully saturated rings. The number of aliphatic hydroxyl groups excluding tert-OH is 1. The number of hydrogen-bond acceptors (Lipinski definition) is 11. The summed E-state index contributed by atoms with van der Waals surface area (Å²) in [4.78, 5) is 54.4. The maximum Gasteiger partial charge on any atom is 0.258 e. The van der Waals surface area contributed by atoms with E-state index in [1.54, 1.807) is 23.0 Å². The summed E-state index contributed by atoms with van der Waals surface area (Å²) >= 11 is 0. The molecule has 10 rings (SSSR count). The molecule has 0 spiro atoms. The molecule has 15 nitrogen and oxygen atoms in total. The minimum absolute atomic E-state index is 0.0182. The molecule has 4 aliphatic heterocycles. The summed E-state index contributed by atoms with van der Waals surface area (Å²) in [6, 6.07) is 12.4. The molecule has 330 valence electrons. The predicted octanol–water partition coefficient (Wildman–Crippen LogP) is 5.15. The highest BCUT2D eigenvalue weighted by Crippen LogP contribution is 2.38. The number of fused-ring (bicyclic) bond motifs is 9. The van der Waals surface area contributed by atoms with Crippen molar-refractivity contribution in [3.8, 4) is 17.1 Å². The summed E-state index contributed by atoms with van der Waals surface area (Å²) < 4.78 is 41.1. The fourth-order valence-corrected chi connectivity index (χ4v) is 10.7. The van der Waals surface area contributed by atoms with Crippen LogP contribution in [0.15, 0.2) is 48.7 Å². The van der Waals surface area contributed by atoms with Crippen molar-refractivity contribution in [2.24, 2.45) is 18.9 Å². The lowest BCUT2D eigenvalue weighted by Crippen LogP contribution is -2.59. The first kappa shape index (κ1) is 41.1. The minimum atomic E-state index is -1.04. The standard InChI is InChI=1S/C46H52F2N10O5/c1-26-15-29-17-39(50-26)35-21-49-54(2)45(35)63-25-28-4-3-27(16-28)22-58-40-20-31(5-7-38(40)51-46(58)53-43(29)61)56-13-14-57(33(23-56)24-59)30-9-11-55(12-10-30)32-18-36(47)42(37(48)19-32)34-6-8-41(60)52-44(34)62/h5,7,15,17-21,27-28,30,33-34,59H,3-4,6,8-14,16,22-25H2,1-2H3,(H,51,53,61)(H,52,60,62)/t27-,28+,33-,34-/m1/s1. The molecular formula is C46H52F2N10O5. The Morgan fingerprint density at radius 1 is 0.857 bits per heavy atom. The first-order chi connectivity index (χ1) is 30.5. The van der Waals surface area contributed by atoms with Gasteiger partial charge in [-0.15, -0.1) is 0 Å². The van der Waals surface area contributed by atoms with Crippen LogP contribution in [-0.4, -0.2) is 110 Å². The number of nitrogens with zero attached hydrogens (tertiary/aromatic N) is 8. The van der Waals surface area contributed by atoms with Crippen LogP contribution >= 0.6 is 0 Å². The van der Waals surface area contributed by atoms with Gasteiger partial charge in [-0.25, -0.2) is 18.4 Å². The third-order valence-corrected chi connectivity index (χ3v) is 13.9. The summed E-state index contributed by atoms with van der Waals surface area (Å²) in [5.74, 6) is -2.11. The maximum absolute atomic E-state index is 15.4. The van der Waals surface area contributed by atoms with E-state index in [9.17, 15) is 19.5 Å². The number of carbonyl (C=O) groups excluding carboxylic acids is 3. The lowest BCUT2D eigenvalue weighted by Gasteiger charge is -2.48. The van der Waals surface area contributed by atoms with Gasteiger partial charge in [-0.1, -0.05) is 0 Å². The number of aromatic nitrogens is 5. The van der Waals surface area contributed by atoms with Crippen molar-refractivity contribution in [3.63, 3.8) is 0 Å². The lowest BCUT2D eigenvalue weighted by molar-refractivity contribution is -0.134. The van der Waals surface area contributed by atoms with Crippen molar-refractivity contribution in [2.45, 2.75) is 76.4 Å². The van der Waals surface area contributed by atoms with Crippen LogP contribution in [0, 0.1) is 30.4 Å². The number of aryl methyl sites for hydroxylation is 2.